The summed E-state index contributed by atoms with van der Waals surface area (Å²) in [5, 5.41) is 13.3. The molecule has 0 aliphatic heterocycles. The Hall–Kier alpha value is -1.31. The number of nitrogens with zero attached hydrogens (tertiary/aromatic N) is 2. The topological polar surface area (TPSA) is 72.0 Å². The first kappa shape index (κ1) is 16.1. The normalized spacial score (nSPS) is 11.7. The largest absolute Gasteiger partial charge is 0.317 e. The molecule has 0 amide bonds. The molecule has 21 heavy (non-hydrogen) atoms. The average Bonchev–Trinajstić information content (AvgIpc) is 2.92. The number of nitrogens with one attached hydrogen (secondary N) is 1. The molecule has 2 aromatic rings. The molecule has 0 unspecified atom stereocenters. The maximum absolute atomic E-state index is 11.6. The number of benzene rings is 1. The lowest BCUT2D eigenvalue weighted by Gasteiger charge is -2.00. The number of aryl methyl sites for hydroxylation is 1. The fourth-order valence-electron chi connectivity index (χ4n) is 1.87. The van der Waals surface area contributed by atoms with Crippen molar-refractivity contribution in [2.75, 3.05) is 19.3 Å². The van der Waals surface area contributed by atoms with Crippen LogP contribution in [0.25, 0.3) is 10.6 Å². The minimum absolute atomic E-state index is 0.309. The lowest BCUT2D eigenvalue weighted by atomic mass is 10.2. The van der Waals surface area contributed by atoms with Gasteiger partial charge in [0.15, 0.2) is 9.84 Å². The molecule has 0 atom stereocenters. The highest BCUT2D eigenvalue weighted by Gasteiger charge is 2.11. The monoisotopic (exact) mass is 325 g/mol. The maximum atomic E-state index is 11.6. The third-order valence-corrected chi connectivity index (χ3v) is 5.11. The fraction of sp³-hybridized carbons (Fsp3) is 0.429. The molecule has 0 fully saturated rings. The molecule has 1 aromatic carbocycles. The van der Waals surface area contributed by atoms with Gasteiger partial charge < -0.3 is 5.32 Å². The van der Waals surface area contributed by atoms with Crippen LogP contribution in [0.3, 0.4) is 0 Å². The van der Waals surface area contributed by atoms with Gasteiger partial charge in [0.25, 0.3) is 0 Å². The summed E-state index contributed by atoms with van der Waals surface area (Å²) in [6, 6.07) is 6.84. The van der Waals surface area contributed by atoms with Crippen LogP contribution in [0.5, 0.6) is 0 Å². The number of hydrogen-bond donors (Lipinski definition) is 1. The summed E-state index contributed by atoms with van der Waals surface area (Å²) in [5.74, 6) is 0. The molecule has 0 saturated carbocycles. The minimum Gasteiger partial charge on any atom is -0.317 e. The van der Waals surface area contributed by atoms with Crippen molar-refractivity contribution in [2.24, 2.45) is 0 Å². The first-order chi connectivity index (χ1) is 10.0. The van der Waals surface area contributed by atoms with Crippen LogP contribution >= 0.6 is 11.3 Å². The van der Waals surface area contributed by atoms with Gasteiger partial charge in [-0.3, -0.25) is 0 Å². The summed E-state index contributed by atoms with van der Waals surface area (Å²) in [6.45, 7) is 4.02. The van der Waals surface area contributed by atoms with Crippen molar-refractivity contribution in [1.82, 2.24) is 15.5 Å². The summed E-state index contributed by atoms with van der Waals surface area (Å²) in [5.41, 5.74) is 0.799. The molecule has 0 saturated heterocycles. The van der Waals surface area contributed by atoms with Gasteiger partial charge in [0.1, 0.15) is 10.0 Å². The van der Waals surface area contributed by atoms with Crippen LogP contribution in [0.2, 0.25) is 0 Å². The van der Waals surface area contributed by atoms with Crippen molar-refractivity contribution >= 4 is 21.2 Å². The van der Waals surface area contributed by atoms with Crippen LogP contribution in [0.15, 0.2) is 29.2 Å². The third kappa shape index (κ3) is 4.59. The SMILES string of the molecule is CCNCCCc1nnc(-c2cccc(S(C)(=O)=O)c2)s1. The summed E-state index contributed by atoms with van der Waals surface area (Å²) < 4.78 is 23.2. The van der Waals surface area contributed by atoms with Gasteiger partial charge >= 0.3 is 0 Å². The van der Waals surface area contributed by atoms with E-state index in [0.29, 0.717) is 4.90 Å². The van der Waals surface area contributed by atoms with Crippen molar-refractivity contribution in [3.8, 4) is 10.6 Å². The van der Waals surface area contributed by atoms with Crippen molar-refractivity contribution < 1.29 is 8.42 Å². The molecule has 0 radical (unpaired) electrons. The van der Waals surface area contributed by atoms with E-state index in [2.05, 4.69) is 22.4 Å². The molecule has 2 rings (SSSR count). The molecule has 5 nitrogen and oxygen atoms in total. The Bertz CT molecular complexity index is 696. The highest BCUT2D eigenvalue weighted by Crippen LogP contribution is 2.26. The molecule has 1 N–H and O–H groups in total. The summed E-state index contributed by atoms with van der Waals surface area (Å²) >= 11 is 1.52. The highest BCUT2D eigenvalue weighted by molar-refractivity contribution is 7.90. The maximum Gasteiger partial charge on any atom is 0.175 e. The molecule has 1 heterocycles. The Morgan fingerprint density at radius 3 is 2.81 bits per heavy atom. The average molecular weight is 325 g/mol. The van der Waals surface area contributed by atoms with Gasteiger partial charge in [0.05, 0.1) is 4.90 Å². The van der Waals surface area contributed by atoms with Crippen molar-refractivity contribution in [2.45, 2.75) is 24.7 Å². The van der Waals surface area contributed by atoms with Crippen LogP contribution < -0.4 is 5.32 Å². The molecule has 7 heteroatoms. The quantitative estimate of drug-likeness (QED) is 0.790. The smallest absolute Gasteiger partial charge is 0.175 e. The Morgan fingerprint density at radius 1 is 1.29 bits per heavy atom. The Morgan fingerprint density at radius 2 is 2.10 bits per heavy atom. The van der Waals surface area contributed by atoms with E-state index in [1.165, 1.54) is 17.6 Å². The molecule has 0 bridgehead atoms. The van der Waals surface area contributed by atoms with Crippen LogP contribution in [0.1, 0.15) is 18.4 Å². The van der Waals surface area contributed by atoms with Gasteiger partial charge in [-0.1, -0.05) is 30.4 Å². The second-order valence-electron chi connectivity index (χ2n) is 4.76. The number of hydrogen-bond acceptors (Lipinski definition) is 6. The van der Waals surface area contributed by atoms with E-state index in [9.17, 15) is 8.42 Å². The molecule has 1 aromatic heterocycles. The number of sulfone groups is 1. The Kier molecular flexibility index (Phi) is 5.44. The van der Waals surface area contributed by atoms with E-state index in [1.54, 1.807) is 18.2 Å². The zero-order chi connectivity index (χ0) is 15.3. The van der Waals surface area contributed by atoms with E-state index >= 15 is 0 Å². The van der Waals surface area contributed by atoms with Crippen molar-refractivity contribution in [3.05, 3.63) is 29.3 Å². The minimum atomic E-state index is -3.20. The first-order valence-corrected chi connectivity index (χ1v) is 9.55. The van der Waals surface area contributed by atoms with Gasteiger partial charge in [-0.05, 0) is 31.6 Å². The fourth-order valence-corrected chi connectivity index (χ4v) is 3.42. The van der Waals surface area contributed by atoms with E-state index in [-0.39, 0.29) is 0 Å². The van der Waals surface area contributed by atoms with Gasteiger partial charge in [0, 0.05) is 18.2 Å². The zero-order valence-electron chi connectivity index (χ0n) is 12.2. The molecular formula is C14H19N3O2S2. The van der Waals surface area contributed by atoms with E-state index < -0.39 is 9.84 Å². The second-order valence-corrected chi connectivity index (χ2v) is 7.84. The highest BCUT2D eigenvalue weighted by atomic mass is 32.2. The van der Waals surface area contributed by atoms with Crippen molar-refractivity contribution in [3.63, 3.8) is 0 Å². The van der Waals surface area contributed by atoms with Gasteiger partial charge in [-0.15, -0.1) is 10.2 Å². The second kappa shape index (κ2) is 7.11. The number of aromatic nitrogens is 2. The zero-order valence-corrected chi connectivity index (χ0v) is 13.8. The Balaban J connectivity index is 2.11. The third-order valence-electron chi connectivity index (χ3n) is 2.97. The summed E-state index contributed by atoms with van der Waals surface area (Å²) in [7, 11) is -3.20. The van der Waals surface area contributed by atoms with Gasteiger partial charge in [-0.25, -0.2) is 8.42 Å². The van der Waals surface area contributed by atoms with Gasteiger partial charge in [0.2, 0.25) is 0 Å². The summed E-state index contributed by atoms with van der Waals surface area (Å²) in [4.78, 5) is 0.309. The van der Waals surface area contributed by atoms with E-state index in [1.807, 2.05) is 6.07 Å². The number of rotatable bonds is 7. The van der Waals surface area contributed by atoms with Gasteiger partial charge in [-0.2, -0.15) is 0 Å². The molecule has 0 aliphatic rings. The molecular weight excluding hydrogens is 306 g/mol. The predicted molar refractivity (Wildman–Crippen MR) is 85.3 cm³/mol. The van der Waals surface area contributed by atoms with Crippen molar-refractivity contribution in [1.29, 1.82) is 0 Å². The van der Waals surface area contributed by atoms with Crippen LogP contribution in [-0.4, -0.2) is 38.0 Å². The Labute approximate surface area is 129 Å². The van der Waals surface area contributed by atoms with E-state index in [4.69, 9.17) is 0 Å². The predicted octanol–water partition coefficient (Wildman–Crippen LogP) is 2.15. The molecule has 0 spiro atoms. The van der Waals surface area contributed by atoms with Crippen LogP contribution in [-0.2, 0) is 16.3 Å². The lowest BCUT2D eigenvalue weighted by Crippen LogP contribution is -2.14. The standard InChI is InChI=1S/C14H19N3O2S2/c1-3-15-9-5-8-13-16-17-14(20-13)11-6-4-7-12(10-11)21(2,18)19/h4,6-7,10,15H,3,5,8-9H2,1-2H3. The molecule has 114 valence electrons. The first-order valence-electron chi connectivity index (χ1n) is 6.84. The van der Waals surface area contributed by atoms with Crippen LogP contribution in [0, 0.1) is 0 Å². The van der Waals surface area contributed by atoms with E-state index in [0.717, 1.165) is 41.5 Å². The molecule has 0 aliphatic carbocycles. The summed E-state index contributed by atoms with van der Waals surface area (Å²) in [6.07, 6.45) is 3.11. The lowest BCUT2D eigenvalue weighted by molar-refractivity contribution is 0.602. The van der Waals surface area contributed by atoms with Crippen LogP contribution in [0.4, 0.5) is 0 Å².